The topological polar surface area (TPSA) is 42.0 Å². The number of carbonyl (C=O) groups is 1. The van der Waals surface area contributed by atoms with Gasteiger partial charge in [0.2, 0.25) is 5.91 Å². The highest BCUT2D eigenvalue weighted by Gasteiger charge is 2.26. The zero-order valence-electron chi connectivity index (χ0n) is 17.4. The van der Waals surface area contributed by atoms with Crippen LogP contribution in [0.2, 0.25) is 0 Å². The van der Waals surface area contributed by atoms with E-state index in [-0.39, 0.29) is 17.8 Å². The number of hydrogen-bond donors (Lipinski definition) is 0. The van der Waals surface area contributed by atoms with Crippen molar-refractivity contribution >= 4 is 12.0 Å². The molecule has 2 saturated heterocycles. The Labute approximate surface area is 173 Å². The Morgan fingerprint density at radius 1 is 1.31 bits per heavy atom. The predicted molar refractivity (Wildman–Crippen MR) is 112 cm³/mol. The number of piperidine rings is 1. The maximum atomic E-state index is 13.4. The molecule has 2 aliphatic rings. The summed E-state index contributed by atoms with van der Waals surface area (Å²) in [6.07, 6.45) is 7.64. The molecular weight excluding hydrogens is 371 g/mol. The minimum absolute atomic E-state index is 0.0217. The summed E-state index contributed by atoms with van der Waals surface area (Å²) in [6.45, 7) is 6.01. The summed E-state index contributed by atoms with van der Waals surface area (Å²) >= 11 is 0. The van der Waals surface area contributed by atoms with Crippen LogP contribution < -0.4 is 0 Å². The van der Waals surface area contributed by atoms with Gasteiger partial charge in [-0.15, -0.1) is 0 Å². The van der Waals surface area contributed by atoms with Gasteiger partial charge in [-0.2, -0.15) is 0 Å². The van der Waals surface area contributed by atoms with E-state index in [1.54, 1.807) is 31.4 Å². The molecule has 2 fully saturated rings. The highest BCUT2D eigenvalue weighted by atomic mass is 19.1. The number of amides is 1. The van der Waals surface area contributed by atoms with Crippen LogP contribution in [-0.4, -0.2) is 74.9 Å². The van der Waals surface area contributed by atoms with Crippen LogP contribution in [0.5, 0.6) is 0 Å². The molecule has 3 rings (SSSR count). The Morgan fingerprint density at radius 2 is 2.14 bits per heavy atom. The van der Waals surface area contributed by atoms with Crippen LogP contribution in [-0.2, 0) is 14.3 Å². The van der Waals surface area contributed by atoms with Crippen molar-refractivity contribution in [3.63, 3.8) is 0 Å². The van der Waals surface area contributed by atoms with Gasteiger partial charge in [-0.05, 0) is 68.5 Å². The predicted octanol–water partition coefficient (Wildman–Crippen LogP) is 3.20. The van der Waals surface area contributed by atoms with E-state index >= 15 is 0 Å². The second-order valence-corrected chi connectivity index (χ2v) is 8.04. The Bertz CT molecular complexity index is 668. The van der Waals surface area contributed by atoms with Crippen molar-refractivity contribution in [2.45, 2.75) is 31.8 Å². The first kappa shape index (κ1) is 21.9. The first-order valence-electron chi connectivity index (χ1n) is 10.7. The lowest BCUT2D eigenvalue weighted by molar-refractivity contribution is -0.128. The molecule has 0 spiro atoms. The Hall–Kier alpha value is -1.76. The van der Waals surface area contributed by atoms with E-state index in [1.807, 2.05) is 4.90 Å². The van der Waals surface area contributed by atoms with E-state index in [2.05, 4.69) is 4.90 Å². The van der Waals surface area contributed by atoms with Crippen molar-refractivity contribution in [3.8, 4) is 0 Å². The minimum Gasteiger partial charge on any atom is -0.383 e. The zero-order valence-corrected chi connectivity index (χ0v) is 17.4. The molecule has 1 amide bonds. The van der Waals surface area contributed by atoms with Crippen molar-refractivity contribution < 1.29 is 18.7 Å². The van der Waals surface area contributed by atoms with Crippen LogP contribution in [0.1, 0.15) is 31.2 Å². The number of nitrogens with zero attached hydrogens (tertiary/aromatic N) is 2. The summed E-state index contributed by atoms with van der Waals surface area (Å²) in [6, 6.07) is 6.29. The molecule has 5 nitrogen and oxygen atoms in total. The smallest absolute Gasteiger partial charge is 0.246 e. The molecule has 6 heteroatoms. The van der Waals surface area contributed by atoms with Gasteiger partial charge in [0.15, 0.2) is 0 Å². The standard InChI is InChI=1S/C23H33FN2O3/c1-28-15-13-25-11-9-20(10-12-25)17-26(18-22-6-3-14-29-22)23(27)8-7-19-4-2-5-21(24)16-19/h2,4-5,7-8,16,20,22H,3,6,9-15,17-18H2,1H3. The third-order valence-electron chi connectivity index (χ3n) is 5.82. The van der Waals surface area contributed by atoms with Gasteiger partial charge in [0.1, 0.15) is 5.82 Å². The molecule has 1 aromatic rings. The third kappa shape index (κ3) is 7.21. The highest BCUT2D eigenvalue weighted by Crippen LogP contribution is 2.21. The first-order chi connectivity index (χ1) is 14.1. The SMILES string of the molecule is COCCN1CCC(CN(CC2CCCO2)C(=O)C=Cc2cccc(F)c2)CC1. The fourth-order valence-electron chi connectivity index (χ4n) is 4.10. The van der Waals surface area contributed by atoms with Gasteiger partial charge in [-0.25, -0.2) is 4.39 Å². The third-order valence-corrected chi connectivity index (χ3v) is 5.82. The number of halogens is 1. The number of benzene rings is 1. The van der Waals surface area contributed by atoms with Gasteiger partial charge in [0.05, 0.1) is 12.7 Å². The molecule has 2 heterocycles. The van der Waals surface area contributed by atoms with E-state index in [1.165, 1.54) is 12.1 Å². The molecule has 29 heavy (non-hydrogen) atoms. The van der Waals surface area contributed by atoms with Gasteiger partial charge in [0, 0.05) is 39.4 Å². The van der Waals surface area contributed by atoms with Crippen molar-refractivity contribution in [1.29, 1.82) is 0 Å². The summed E-state index contributed by atoms with van der Waals surface area (Å²) in [5.74, 6) is 0.185. The van der Waals surface area contributed by atoms with Crippen LogP contribution in [0, 0.1) is 11.7 Å². The van der Waals surface area contributed by atoms with Gasteiger partial charge in [-0.3, -0.25) is 4.79 Å². The number of rotatable bonds is 9. The van der Waals surface area contributed by atoms with E-state index in [9.17, 15) is 9.18 Å². The fourth-order valence-corrected chi connectivity index (χ4v) is 4.10. The van der Waals surface area contributed by atoms with Gasteiger partial charge in [-0.1, -0.05) is 12.1 Å². The summed E-state index contributed by atoms with van der Waals surface area (Å²) < 4.78 is 24.3. The van der Waals surface area contributed by atoms with Crippen molar-refractivity contribution in [2.75, 3.05) is 53.0 Å². The quantitative estimate of drug-likeness (QED) is 0.593. The Morgan fingerprint density at radius 3 is 2.83 bits per heavy atom. The van der Waals surface area contributed by atoms with Gasteiger partial charge >= 0.3 is 0 Å². The molecule has 0 bridgehead atoms. The van der Waals surface area contributed by atoms with Crippen LogP contribution in [0.25, 0.3) is 6.08 Å². The summed E-state index contributed by atoms with van der Waals surface area (Å²) in [7, 11) is 1.73. The second-order valence-electron chi connectivity index (χ2n) is 8.04. The van der Waals surface area contributed by atoms with E-state index < -0.39 is 0 Å². The molecule has 160 valence electrons. The molecule has 1 unspecified atom stereocenters. The minimum atomic E-state index is -0.295. The van der Waals surface area contributed by atoms with Crippen molar-refractivity contribution in [2.24, 2.45) is 5.92 Å². The average molecular weight is 405 g/mol. The van der Waals surface area contributed by atoms with Crippen molar-refractivity contribution in [3.05, 3.63) is 41.7 Å². The number of likely N-dealkylation sites (tertiary alicyclic amines) is 1. The molecule has 0 aliphatic carbocycles. The lowest BCUT2D eigenvalue weighted by Crippen LogP contribution is -2.43. The molecular formula is C23H33FN2O3. The fraction of sp³-hybridized carbons (Fsp3) is 0.609. The maximum Gasteiger partial charge on any atom is 0.246 e. The maximum absolute atomic E-state index is 13.4. The van der Waals surface area contributed by atoms with E-state index in [0.717, 1.165) is 65.1 Å². The molecule has 0 radical (unpaired) electrons. The number of carbonyl (C=O) groups excluding carboxylic acids is 1. The summed E-state index contributed by atoms with van der Waals surface area (Å²) in [5, 5.41) is 0. The van der Waals surface area contributed by atoms with Gasteiger partial charge < -0.3 is 19.3 Å². The summed E-state index contributed by atoms with van der Waals surface area (Å²) in [5.41, 5.74) is 0.696. The van der Waals surface area contributed by atoms with Crippen molar-refractivity contribution in [1.82, 2.24) is 9.80 Å². The number of hydrogen-bond acceptors (Lipinski definition) is 4. The van der Waals surface area contributed by atoms with E-state index in [4.69, 9.17) is 9.47 Å². The molecule has 2 aliphatic heterocycles. The Balaban J connectivity index is 1.57. The zero-order chi connectivity index (χ0) is 20.5. The van der Waals surface area contributed by atoms with Crippen LogP contribution >= 0.6 is 0 Å². The molecule has 1 atom stereocenters. The molecule has 0 aromatic heterocycles. The molecule has 0 saturated carbocycles. The van der Waals surface area contributed by atoms with Crippen LogP contribution in [0.3, 0.4) is 0 Å². The summed E-state index contributed by atoms with van der Waals surface area (Å²) in [4.78, 5) is 17.3. The van der Waals surface area contributed by atoms with E-state index in [0.29, 0.717) is 18.0 Å². The lowest BCUT2D eigenvalue weighted by atomic mass is 9.96. The molecule has 1 aromatic carbocycles. The normalized spacial score (nSPS) is 21.1. The highest BCUT2D eigenvalue weighted by molar-refractivity contribution is 5.91. The second kappa shape index (κ2) is 11.4. The lowest BCUT2D eigenvalue weighted by Gasteiger charge is -2.35. The molecule has 0 N–H and O–H groups in total. The largest absolute Gasteiger partial charge is 0.383 e. The average Bonchev–Trinajstić information content (AvgIpc) is 3.24. The van der Waals surface area contributed by atoms with Crippen LogP contribution in [0.15, 0.2) is 30.3 Å². The monoisotopic (exact) mass is 404 g/mol. The number of ether oxygens (including phenoxy) is 2. The number of methoxy groups -OCH3 is 1. The Kier molecular flexibility index (Phi) is 8.65. The van der Waals surface area contributed by atoms with Gasteiger partial charge in [0.25, 0.3) is 0 Å². The first-order valence-corrected chi connectivity index (χ1v) is 10.7. The van der Waals surface area contributed by atoms with Crippen LogP contribution in [0.4, 0.5) is 4.39 Å².